The topological polar surface area (TPSA) is 66.5 Å². The van der Waals surface area contributed by atoms with E-state index in [2.05, 4.69) is 5.32 Å². The van der Waals surface area contributed by atoms with Gasteiger partial charge in [-0.25, -0.2) is 12.8 Å². The first-order valence-corrected chi connectivity index (χ1v) is 11.0. The van der Waals surface area contributed by atoms with E-state index >= 15 is 0 Å². The van der Waals surface area contributed by atoms with Crippen molar-refractivity contribution >= 4 is 39.3 Å². The summed E-state index contributed by atoms with van der Waals surface area (Å²) >= 11 is 7.20. The molecule has 0 bridgehead atoms. The number of carbonyl (C=O) groups is 1. The van der Waals surface area contributed by atoms with E-state index < -0.39 is 15.9 Å². The van der Waals surface area contributed by atoms with Gasteiger partial charge in [-0.3, -0.25) is 4.79 Å². The van der Waals surface area contributed by atoms with Gasteiger partial charge in [-0.05, 0) is 42.3 Å². The van der Waals surface area contributed by atoms with Crippen LogP contribution in [0.25, 0.3) is 0 Å². The van der Waals surface area contributed by atoms with E-state index in [1.54, 1.807) is 12.1 Å². The molecule has 1 aliphatic rings. The summed E-state index contributed by atoms with van der Waals surface area (Å²) in [5.74, 6) is -0.0707. The van der Waals surface area contributed by atoms with Crippen LogP contribution in [0, 0.1) is 5.82 Å². The molecule has 1 atom stereocenters. The first-order valence-electron chi connectivity index (χ1n) is 8.21. The highest BCUT2D eigenvalue weighted by molar-refractivity contribution is 7.99. The van der Waals surface area contributed by atoms with Crippen molar-refractivity contribution in [3.05, 3.63) is 58.9 Å². The van der Waals surface area contributed by atoms with Gasteiger partial charge in [-0.1, -0.05) is 23.7 Å². The van der Waals surface area contributed by atoms with Gasteiger partial charge < -0.3 is 5.32 Å². The second-order valence-electron chi connectivity index (χ2n) is 6.13. The normalized spacial score (nSPS) is 16.8. The minimum atomic E-state index is -3.81. The predicted octanol–water partition coefficient (Wildman–Crippen LogP) is 3.45. The molecule has 27 heavy (non-hydrogen) atoms. The van der Waals surface area contributed by atoms with Crippen LogP contribution in [0.2, 0.25) is 5.02 Å². The summed E-state index contributed by atoms with van der Waals surface area (Å²) in [6, 6.07) is 10.2. The molecule has 2 aromatic rings. The van der Waals surface area contributed by atoms with Crippen molar-refractivity contribution in [2.75, 3.05) is 19.3 Å². The van der Waals surface area contributed by atoms with Crippen molar-refractivity contribution in [2.45, 2.75) is 22.3 Å². The molecule has 3 rings (SSSR count). The average Bonchev–Trinajstić information content (AvgIpc) is 2.63. The monoisotopic (exact) mass is 428 g/mol. The third kappa shape index (κ3) is 4.45. The van der Waals surface area contributed by atoms with Gasteiger partial charge in [0.1, 0.15) is 5.82 Å². The number of sulfonamides is 1. The highest BCUT2D eigenvalue weighted by atomic mass is 35.5. The van der Waals surface area contributed by atoms with Gasteiger partial charge in [0.15, 0.2) is 0 Å². The van der Waals surface area contributed by atoms with Crippen LogP contribution >= 0.6 is 23.4 Å². The lowest BCUT2D eigenvalue weighted by Crippen LogP contribution is -2.40. The highest BCUT2D eigenvalue weighted by Crippen LogP contribution is 2.37. The summed E-state index contributed by atoms with van der Waals surface area (Å²) in [4.78, 5) is 13.0. The van der Waals surface area contributed by atoms with Crippen LogP contribution in [0.5, 0.6) is 0 Å². The van der Waals surface area contributed by atoms with Crippen molar-refractivity contribution in [1.29, 1.82) is 0 Å². The second kappa shape index (κ2) is 8.18. The summed E-state index contributed by atoms with van der Waals surface area (Å²) in [6.45, 7) is -0.334. The van der Waals surface area contributed by atoms with Crippen LogP contribution in [0.3, 0.4) is 0 Å². The van der Waals surface area contributed by atoms with Crippen molar-refractivity contribution < 1.29 is 17.6 Å². The molecule has 1 N–H and O–H groups in total. The maximum absolute atomic E-state index is 13.9. The molecule has 9 heteroatoms. The summed E-state index contributed by atoms with van der Waals surface area (Å²) in [7, 11) is -2.47. The number of rotatable bonds is 5. The SMILES string of the molecule is CN(CC(=O)N[C@H]1CCSc2c(F)cccc21)S(=O)(=O)c1ccc(Cl)cc1. The number of halogens is 2. The Morgan fingerprint density at radius 3 is 2.70 bits per heavy atom. The quantitative estimate of drug-likeness (QED) is 0.792. The Balaban J connectivity index is 1.70. The maximum atomic E-state index is 13.9. The number of nitrogens with one attached hydrogen (secondary N) is 1. The molecule has 1 aliphatic heterocycles. The van der Waals surface area contributed by atoms with Crippen LogP contribution in [-0.2, 0) is 14.8 Å². The average molecular weight is 429 g/mol. The third-order valence-corrected chi connectivity index (χ3v) is 7.48. The van der Waals surface area contributed by atoms with Crippen LogP contribution in [0.15, 0.2) is 52.3 Å². The van der Waals surface area contributed by atoms with Crippen molar-refractivity contribution in [2.24, 2.45) is 0 Å². The first kappa shape index (κ1) is 20.1. The van der Waals surface area contributed by atoms with Gasteiger partial charge >= 0.3 is 0 Å². The molecule has 0 saturated carbocycles. The molecule has 1 heterocycles. The van der Waals surface area contributed by atoms with E-state index in [0.717, 1.165) is 9.87 Å². The number of fused-ring (bicyclic) bond motifs is 1. The summed E-state index contributed by atoms with van der Waals surface area (Å²) in [6.07, 6.45) is 0.653. The fourth-order valence-electron chi connectivity index (χ4n) is 2.85. The molecule has 1 amide bonds. The van der Waals surface area contributed by atoms with E-state index in [1.165, 1.54) is 49.1 Å². The largest absolute Gasteiger partial charge is 0.348 e. The van der Waals surface area contributed by atoms with Gasteiger partial charge in [-0.15, -0.1) is 11.8 Å². The zero-order valence-electron chi connectivity index (χ0n) is 14.5. The lowest BCUT2D eigenvalue weighted by atomic mass is 10.0. The number of likely N-dealkylation sites (N-methyl/N-ethyl adjacent to an activating group) is 1. The van der Waals surface area contributed by atoms with Gasteiger partial charge in [0.2, 0.25) is 15.9 Å². The number of nitrogens with zero attached hydrogens (tertiary/aromatic N) is 1. The highest BCUT2D eigenvalue weighted by Gasteiger charge is 2.27. The standard InChI is InChI=1S/C18H18ClFN2O3S2/c1-22(27(24,25)13-7-5-12(19)6-8-13)11-17(23)21-16-9-10-26-18-14(16)3-2-4-15(18)20/h2-8,16H,9-11H2,1H3,(H,21,23)/t16-/m0/s1. The first-order chi connectivity index (χ1) is 12.8. The van der Waals surface area contributed by atoms with Crippen LogP contribution in [0.4, 0.5) is 4.39 Å². The van der Waals surface area contributed by atoms with Gasteiger partial charge in [0, 0.05) is 22.7 Å². The number of carbonyl (C=O) groups excluding carboxylic acids is 1. The molecule has 2 aromatic carbocycles. The lowest BCUT2D eigenvalue weighted by molar-refractivity contribution is -0.121. The maximum Gasteiger partial charge on any atom is 0.243 e. The summed E-state index contributed by atoms with van der Waals surface area (Å²) in [5, 5.41) is 3.25. The molecule has 0 radical (unpaired) electrons. The molecule has 0 aromatic heterocycles. The van der Waals surface area contributed by atoms with Crippen molar-refractivity contribution in [3.8, 4) is 0 Å². The summed E-state index contributed by atoms with van der Waals surface area (Å²) < 4.78 is 40.0. The smallest absolute Gasteiger partial charge is 0.243 e. The molecular formula is C18H18ClFN2O3S2. The number of thioether (sulfide) groups is 1. The predicted molar refractivity (Wildman–Crippen MR) is 104 cm³/mol. The molecule has 0 unspecified atom stereocenters. The fraction of sp³-hybridized carbons (Fsp3) is 0.278. The zero-order valence-corrected chi connectivity index (χ0v) is 16.9. The van der Waals surface area contributed by atoms with Gasteiger partial charge in [0.25, 0.3) is 0 Å². The van der Waals surface area contributed by atoms with Gasteiger partial charge in [0.05, 0.1) is 17.5 Å². The Morgan fingerprint density at radius 1 is 1.30 bits per heavy atom. The van der Waals surface area contributed by atoms with Gasteiger partial charge in [-0.2, -0.15) is 4.31 Å². The minimum absolute atomic E-state index is 0.0590. The van der Waals surface area contributed by atoms with E-state index in [-0.39, 0.29) is 23.3 Å². The number of benzene rings is 2. The number of hydrogen-bond donors (Lipinski definition) is 1. The molecule has 5 nitrogen and oxygen atoms in total. The van der Waals surface area contributed by atoms with Crippen LogP contribution < -0.4 is 5.32 Å². The minimum Gasteiger partial charge on any atom is -0.348 e. The van der Waals surface area contributed by atoms with E-state index in [1.807, 2.05) is 0 Å². The Kier molecular flexibility index (Phi) is 6.10. The van der Waals surface area contributed by atoms with E-state index in [9.17, 15) is 17.6 Å². The van der Waals surface area contributed by atoms with E-state index in [4.69, 9.17) is 11.6 Å². The Morgan fingerprint density at radius 2 is 2.00 bits per heavy atom. The molecule has 0 aliphatic carbocycles. The number of hydrogen-bond acceptors (Lipinski definition) is 4. The van der Waals surface area contributed by atoms with Crippen LogP contribution in [-0.4, -0.2) is 38.0 Å². The van der Waals surface area contributed by atoms with Crippen LogP contribution in [0.1, 0.15) is 18.0 Å². The molecule has 0 saturated heterocycles. The Hall–Kier alpha value is -1.61. The molecule has 0 spiro atoms. The Labute approximate surface area is 166 Å². The third-order valence-electron chi connectivity index (χ3n) is 4.25. The summed E-state index contributed by atoms with van der Waals surface area (Å²) in [5.41, 5.74) is 0.725. The van der Waals surface area contributed by atoms with Crippen molar-refractivity contribution in [1.82, 2.24) is 9.62 Å². The van der Waals surface area contributed by atoms with Crippen molar-refractivity contribution in [3.63, 3.8) is 0 Å². The fourth-order valence-corrected chi connectivity index (χ4v) is 5.24. The zero-order chi connectivity index (χ0) is 19.6. The Bertz CT molecular complexity index is 952. The molecule has 144 valence electrons. The number of amides is 1. The molecular weight excluding hydrogens is 411 g/mol. The lowest BCUT2D eigenvalue weighted by Gasteiger charge is -2.27. The second-order valence-corrected chi connectivity index (χ2v) is 9.72. The van der Waals surface area contributed by atoms with E-state index in [0.29, 0.717) is 22.1 Å². The molecule has 0 fully saturated rings.